The van der Waals surface area contributed by atoms with E-state index in [4.69, 9.17) is 4.99 Å². The first-order chi connectivity index (χ1) is 12.9. The fraction of sp³-hybridized carbons (Fsp3) is 0.750. The van der Waals surface area contributed by atoms with Crippen LogP contribution in [-0.2, 0) is 0 Å². The number of amidine groups is 1. The first-order valence-corrected chi connectivity index (χ1v) is 12.2. The van der Waals surface area contributed by atoms with Crippen molar-refractivity contribution in [3.63, 3.8) is 0 Å². The maximum absolute atomic E-state index is 5.32. The number of aliphatic imine (C=N–C) groups is 1. The van der Waals surface area contributed by atoms with Gasteiger partial charge >= 0.3 is 0 Å². The highest BCUT2D eigenvalue weighted by Crippen LogP contribution is 2.53. The molecule has 0 aromatic heterocycles. The van der Waals surface area contributed by atoms with Crippen molar-refractivity contribution in [1.29, 1.82) is 0 Å². The van der Waals surface area contributed by atoms with Crippen LogP contribution in [-0.4, -0.2) is 28.0 Å². The maximum Gasteiger partial charge on any atom is 0.157 e. The SMILES string of the molecule is CC1=C(C)C(C)(C2=PC(=NC3CCCCC3)N2C2CCCCC2)C(C)=C1C. The number of hydrogen-bond donors (Lipinski definition) is 0. The molecule has 0 atom stereocenters. The third kappa shape index (κ3) is 3.17. The van der Waals surface area contributed by atoms with E-state index in [2.05, 4.69) is 39.5 Å². The van der Waals surface area contributed by atoms with E-state index in [1.54, 1.807) is 16.6 Å². The molecule has 0 aromatic carbocycles. The lowest BCUT2D eigenvalue weighted by atomic mass is 9.77. The molecule has 0 unspecified atom stereocenters. The van der Waals surface area contributed by atoms with Gasteiger partial charge in [0.15, 0.2) is 5.58 Å². The Labute approximate surface area is 168 Å². The Bertz CT molecular complexity index is 703. The lowest BCUT2D eigenvalue weighted by Gasteiger charge is -2.49. The van der Waals surface area contributed by atoms with Crippen molar-refractivity contribution in [3.8, 4) is 0 Å². The van der Waals surface area contributed by atoms with Crippen molar-refractivity contribution < 1.29 is 0 Å². The molecule has 2 saturated carbocycles. The molecule has 2 fully saturated rings. The van der Waals surface area contributed by atoms with Gasteiger partial charge < -0.3 is 4.90 Å². The molecule has 0 spiro atoms. The summed E-state index contributed by atoms with van der Waals surface area (Å²) in [5.41, 5.74) is 9.29. The van der Waals surface area contributed by atoms with Gasteiger partial charge in [-0.25, -0.2) is 0 Å². The van der Waals surface area contributed by atoms with Gasteiger partial charge in [0.2, 0.25) is 0 Å². The topological polar surface area (TPSA) is 15.6 Å². The summed E-state index contributed by atoms with van der Waals surface area (Å²) in [5.74, 6) is 0. The highest BCUT2D eigenvalue weighted by Gasteiger charge is 2.48. The predicted molar refractivity (Wildman–Crippen MR) is 120 cm³/mol. The number of hydrogen-bond acceptors (Lipinski definition) is 1. The molecule has 0 saturated heterocycles. The predicted octanol–water partition coefficient (Wildman–Crippen LogP) is 7.09. The van der Waals surface area contributed by atoms with Crippen molar-refractivity contribution in [1.82, 2.24) is 4.90 Å². The van der Waals surface area contributed by atoms with Gasteiger partial charge in [0, 0.05) is 6.04 Å². The summed E-state index contributed by atoms with van der Waals surface area (Å²) < 4.78 is 0. The van der Waals surface area contributed by atoms with Crippen molar-refractivity contribution in [3.05, 3.63) is 22.3 Å². The standard InChI is InChI=1S/C24H37N2P/c1-16-17(2)19(4)24(5,18(16)3)22-26(21-14-10-7-11-15-21)23(27-22)25-20-12-8-6-9-13-20/h20-21H,6-15H2,1-5H3. The summed E-state index contributed by atoms with van der Waals surface area (Å²) in [6, 6.07) is 1.28. The fourth-order valence-electron chi connectivity index (χ4n) is 5.67. The maximum atomic E-state index is 5.32. The summed E-state index contributed by atoms with van der Waals surface area (Å²) in [6.07, 6.45) is 13.7. The van der Waals surface area contributed by atoms with E-state index in [-0.39, 0.29) is 5.41 Å². The van der Waals surface area contributed by atoms with Crippen molar-refractivity contribution >= 4 is 19.2 Å². The first-order valence-electron chi connectivity index (χ1n) is 11.3. The second kappa shape index (κ2) is 7.51. The molecular formula is C24H37N2P. The molecule has 2 nitrogen and oxygen atoms in total. The van der Waals surface area contributed by atoms with Gasteiger partial charge in [0.1, 0.15) is 0 Å². The third-order valence-corrected chi connectivity index (χ3v) is 9.50. The highest BCUT2D eigenvalue weighted by molar-refractivity contribution is 7.63. The summed E-state index contributed by atoms with van der Waals surface area (Å²) >= 11 is 0. The van der Waals surface area contributed by atoms with Crippen LogP contribution in [0, 0.1) is 5.41 Å². The zero-order valence-electron chi connectivity index (χ0n) is 18.1. The van der Waals surface area contributed by atoms with E-state index < -0.39 is 0 Å². The average molecular weight is 385 g/mol. The van der Waals surface area contributed by atoms with Crippen LogP contribution >= 0.6 is 8.20 Å². The van der Waals surface area contributed by atoms with Gasteiger partial charge in [-0.2, -0.15) is 0 Å². The molecule has 0 N–H and O–H groups in total. The van der Waals surface area contributed by atoms with Crippen LogP contribution in [0.2, 0.25) is 0 Å². The lowest BCUT2D eigenvalue weighted by Crippen LogP contribution is -2.55. The molecule has 4 rings (SSSR count). The molecule has 4 aliphatic rings. The van der Waals surface area contributed by atoms with E-state index >= 15 is 0 Å². The van der Waals surface area contributed by atoms with Gasteiger partial charge in [-0.05, 0) is 79.7 Å². The minimum atomic E-state index is 0.110. The van der Waals surface area contributed by atoms with E-state index in [0.717, 1.165) is 0 Å². The van der Waals surface area contributed by atoms with Gasteiger partial charge in [-0.1, -0.05) is 49.7 Å². The Hall–Kier alpha value is -0.880. The minimum absolute atomic E-state index is 0.110. The Morgan fingerprint density at radius 1 is 0.815 bits per heavy atom. The molecule has 3 heteroatoms. The van der Waals surface area contributed by atoms with Crippen LogP contribution < -0.4 is 0 Å². The molecule has 0 aromatic rings. The summed E-state index contributed by atoms with van der Waals surface area (Å²) in [4.78, 5) is 8.05. The van der Waals surface area contributed by atoms with Gasteiger partial charge in [0.25, 0.3) is 0 Å². The van der Waals surface area contributed by atoms with Crippen LogP contribution in [0.15, 0.2) is 27.3 Å². The highest BCUT2D eigenvalue weighted by atomic mass is 31.1. The molecule has 1 aliphatic heterocycles. The summed E-state index contributed by atoms with van der Waals surface area (Å²) in [6.45, 7) is 11.8. The molecule has 0 radical (unpaired) electrons. The quantitative estimate of drug-likeness (QED) is 0.474. The second-order valence-electron chi connectivity index (χ2n) is 9.44. The fourth-order valence-corrected chi connectivity index (χ4v) is 7.24. The lowest BCUT2D eigenvalue weighted by molar-refractivity contribution is 0.309. The zero-order chi connectivity index (χ0) is 19.2. The van der Waals surface area contributed by atoms with E-state index in [0.29, 0.717) is 12.1 Å². The average Bonchev–Trinajstić information content (AvgIpc) is 2.82. The van der Waals surface area contributed by atoms with Crippen LogP contribution in [0.1, 0.15) is 98.8 Å². The Morgan fingerprint density at radius 3 is 1.89 bits per heavy atom. The van der Waals surface area contributed by atoms with Crippen LogP contribution in [0.4, 0.5) is 0 Å². The van der Waals surface area contributed by atoms with Crippen molar-refractivity contribution in [2.75, 3.05) is 0 Å². The zero-order valence-corrected chi connectivity index (χ0v) is 19.0. The Kier molecular flexibility index (Phi) is 5.40. The molecule has 1 heterocycles. The number of rotatable bonds is 3. The molecule has 27 heavy (non-hydrogen) atoms. The van der Waals surface area contributed by atoms with Gasteiger partial charge in [0.05, 0.1) is 16.9 Å². The van der Waals surface area contributed by atoms with Gasteiger partial charge in [-0.15, -0.1) is 0 Å². The van der Waals surface area contributed by atoms with E-state index in [1.807, 2.05) is 0 Å². The molecular weight excluding hydrogens is 347 g/mol. The van der Waals surface area contributed by atoms with E-state index in [1.165, 1.54) is 89.1 Å². The molecule has 0 bridgehead atoms. The second-order valence-corrected chi connectivity index (χ2v) is 10.5. The first kappa shape index (κ1) is 19.4. The minimum Gasteiger partial charge on any atom is -0.318 e. The summed E-state index contributed by atoms with van der Waals surface area (Å²) in [5, 5.41) is 0. The van der Waals surface area contributed by atoms with Gasteiger partial charge in [-0.3, -0.25) is 4.99 Å². The smallest absolute Gasteiger partial charge is 0.157 e. The van der Waals surface area contributed by atoms with E-state index in [9.17, 15) is 0 Å². The normalized spacial score (nSPS) is 29.4. The Morgan fingerprint density at radius 2 is 1.33 bits per heavy atom. The van der Waals surface area contributed by atoms with Crippen LogP contribution in [0.5, 0.6) is 0 Å². The van der Waals surface area contributed by atoms with Crippen LogP contribution in [0.25, 0.3) is 0 Å². The van der Waals surface area contributed by atoms with Crippen molar-refractivity contribution in [2.45, 2.75) is 111 Å². The number of nitrogens with zero attached hydrogens (tertiary/aromatic N) is 2. The summed E-state index contributed by atoms with van der Waals surface area (Å²) in [7, 11) is 1.41. The molecule has 0 amide bonds. The third-order valence-electron chi connectivity index (χ3n) is 8.10. The van der Waals surface area contributed by atoms with Crippen molar-refractivity contribution in [2.24, 2.45) is 10.4 Å². The molecule has 3 aliphatic carbocycles. The van der Waals surface area contributed by atoms with Crippen LogP contribution in [0.3, 0.4) is 0 Å². The number of allylic oxidation sites excluding steroid dienone is 2. The molecule has 148 valence electrons. The largest absolute Gasteiger partial charge is 0.318 e. The Balaban J connectivity index is 1.70. The monoisotopic (exact) mass is 384 g/mol.